The highest BCUT2D eigenvalue weighted by molar-refractivity contribution is 6.15. The van der Waals surface area contributed by atoms with Gasteiger partial charge in [0.15, 0.2) is 0 Å². The van der Waals surface area contributed by atoms with E-state index in [4.69, 9.17) is 0 Å². The van der Waals surface area contributed by atoms with Gasteiger partial charge in [0.05, 0.1) is 23.7 Å². The Kier molecular flexibility index (Phi) is 6.09. The maximum atomic E-state index is 11.7. The van der Waals surface area contributed by atoms with Crippen molar-refractivity contribution < 1.29 is 9.90 Å². The number of hydrogen-bond acceptors (Lipinski definition) is 3. The van der Waals surface area contributed by atoms with Crippen molar-refractivity contribution in [3.63, 3.8) is 0 Å². The number of hydrogen-bond donors (Lipinski definition) is 1. The third-order valence-corrected chi connectivity index (χ3v) is 3.82. The van der Waals surface area contributed by atoms with Crippen molar-refractivity contribution in [2.45, 2.75) is 39.5 Å². The number of carboxylic acid groups (broad SMARTS) is 1. The summed E-state index contributed by atoms with van der Waals surface area (Å²) < 4.78 is 1.64. The molecule has 0 saturated heterocycles. The minimum Gasteiger partial charge on any atom is -0.478 e. The molecule has 0 aliphatic rings. The largest absolute Gasteiger partial charge is 0.478 e. The summed E-state index contributed by atoms with van der Waals surface area (Å²) in [5.41, 5.74) is 1.95. The summed E-state index contributed by atoms with van der Waals surface area (Å²) in [5.74, 6) is -0.568. The predicted octanol–water partition coefficient (Wildman–Crippen LogP) is 3.95. The fraction of sp³-hybridized carbons (Fsp3) is 0.389. The number of carbonyl (C=O) groups is 1. The molecular weight excluding hydrogens is 290 g/mol. The van der Waals surface area contributed by atoms with E-state index < -0.39 is 5.97 Å². The third-order valence-electron chi connectivity index (χ3n) is 3.82. The van der Waals surface area contributed by atoms with E-state index in [0.29, 0.717) is 11.5 Å². The lowest BCUT2D eigenvalue weighted by Crippen LogP contribution is -2.05. The molecule has 2 aromatic rings. The van der Waals surface area contributed by atoms with Gasteiger partial charge in [0.25, 0.3) is 0 Å². The van der Waals surface area contributed by atoms with Gasteiger partial charge in [-0.05, 0) is 36.5 Å². The van der Waals surface area contributed by atoms with Crippen LogP contribution < -0.4 is 0 Å². The third kappa shape index (κ3) is 4.52. The lowest BCUT2D eigenvalue weighted by Gasteiger charge is -2.13. The highest BCUT2D eigenvalue weighted by atomic mass is 16.4. The molecule has 0 unspecified atom stereocenters. The van der Waals surface area contributed by atoms with Gasteiger partial charge in [-0.25, -0.2) is 9.48 Å². The molecule has 0 spiro atoms. The summed E-state index contributed by atoms with van der Waals surface area (Å²) in [5, 5.41) is 17.3. The van der Waals surface area contributed by atoms with Gasteiger partial charge >= 0.3 is 5.97 Å². The van der Waals surface area contributed by atoms with Gasteiger partial charge in [-0.2, -0.15) is 0 Å². The fourth-order valence-electron chi connectivity index (χ4n) is 2.72. The van der Waals surface area contributed by atoms with Crippen molar-refractivity contribution >= 4 is 11.5 Å². The van der Waals surface area contributed by atoms with E-state index in [1.807, 2.05) is 30.3 Å². The van der Waals surface area contributed by atoms with Gasteiger partial charge in [0.2, 0.25) is 0 Å². The molecule has 23 heavy (non-hydrogen) atoms. The number of rotatable bonds is 8. The normalized spacial score (nSPS) is 11.9. The minimum absolute atomic E-state index is 0.311. The molecule has 122 valence electrons. The Morgan fingerprint density at radius 1 is 1.22 bits per heavy atom. The molecule has 0 saturated carbocycles. The van der Waals surface area contributed by atoms with E-state index in [2.05, 4.69) is 24.2 Å². The first-order valence-corrected chi connectivity index (χ1v) is 8.08. The summed E-state index contributed by atoms with van der Waals surface area (Å²) >= 11 is 0. The molecule has 0 aliphatic heterocycles. The van der Waals surface area contributed by atoms with Crippen LogP contribution >= 0.6 is 0 Å². The van der Waals surface area contributed by atoms with Crippen LogP contribution in [0.4, 0.5) is 0 Å². The molecule has 5 nitrogen and oxygen atoms in total. The van der Waals surface area contributed by atoms with Gasteiger partial charge in [-0.15, -0.1) is 5.10 Å². The van der Waals surface area contributed by atoms with Crippen LogP contribution in [0.25, 0.3) is 11.3 Å². The molecule has 0 atom stereocenters. The first-order chi connectivity index (χ1) is 11.2. The average Bonchev–Trinajstić information content (AvgIpc) is 3.07. The van der Waals surface area contributed by atoms with Crippen LogP contribution in [0.15, 0.2) is 42.7 Å². The maximum absolute atomic E-state index is 11.7. The van der Waals surface area contributed by atoms with Gasteiger partial charge in [-0.3, -0.25) is 0 Å². The van der Waals surface area contributed by atoms with Crippen molar-refractivity contribution in [1.29, 1.82) is 0 Å². The Balaban J connectivity index is 2.28. The first-order valence-electron chi connectivity index (χ1n) is 8.08. The molecule has 2 rings (SSSR count). The Morgan fingerprint density at radius 2 is 1.87 bits per heavy atom. The number of benzene rings is 1. The Labute approximate surface area is 136 Å². The second-order valence-corrected chi connectivity index (χ2v) is 5.62. The summed E-state index contributed by atoms with van der Waals surface area (Å²) in [6.45, 7) is 4.26. The van der Waals surface area contributed by atoms with E-state index in [0.717, 1.165) is 36.9 Å². The van der Waals surface area contributed by atoms with Gasteiger partial charge in [-0.1, -0.05) is 50.1 Å². The van der Waals surface area contributed by atoms with Crippen LogP contribution in [0, 0.1) is 5.92 Å². The van der Waals surface area contributed by atoms with E-state index >= 15 is 0 Å². The topological polar surface area (TPSA) is 68.0 Å². The molecular formula is C18H23N3O2. The smallest absolute Gasteiger partial charge is 0.335 e. The first kappa shape index (κ1) is 16.9. The number of allylic oxidation sites excluding steroid dienone is 1. The summed E-state index contributed by atoms with van der Waals surface area (Å²) in [4.78, 5) is 11.7. The Morgan fingerprint density at radius 3 is 2.35 bits per heavy atom. The number of aromatic nitrogens is 3. The molecule has 1 heterocycles. The standard InChI is InChI=1S/C18H23N3O2/c1-3-5-14(6-4-2)13-17(18(22)23)15-7-9-16(10-8-15)21-12-11-19-20-21/h7-14H,3-6H2,1-2H3,(H,22,23)/b17-13+. The van der Waals surface area contributed by atoms with Crippen LogP contribution in [0.5, 0.6) is 0 Å². The van der Waals surface area contributed by atoms with E-state index in [1.54, 1.807) is 17.1 Å². The Hall–Kier alpha value is -2.43. The highest BCUT2D eigenvalue weighted by Crippen LogP contribution is 2.23. The van der Waals surface area contributed by atoms with Crippen LogP contribution in [0.1, 0.15) is 45.1 Å². The average molecular weight is 313 g/mol. The lowest BCUT2D eigenvalue weighted by molar-refractivity contribution is -0.130. The zero-order valence-corrected chi connectivity index (χ0v) is 13.6. The lowest BCUT2D eigenvalue weighted by atomic mass is 9.93. The van der Waals surface area contributed by atoms with Crippen molar-refractivity contribution in [2.75, 3.05) is 0 Å². The summed E-state index contributed by atoms with van der Waals surface area (Å²) in [7, 11) is 0. The number of aliphatic carboxylic acids is 1. The summed E-state index contributed by atoms with van der Waals surface area (Å²) in [6.07, 6.45) is 9.42. The van der Waals surface area contributed by atoms with E-state index in [-0.39, 0.29) is 0 Å². The van der Waals surface area contributed by atoms with E-state index in [9.17, 15) is 9.90 Å². The van der Waals surface area contributed by atoms with E-state index in [1.165, 1.54) is 0 Å². The molecule has 0 bridgehead atoms. The SMILES string of the molecule is CCCC(/C=C(/C(=O)O)c1ccc(-n2ccnn2)cc1)CCC. The van der Waals surface area contributed by atoms with Gasteiger partial charge in [0.1, 0.15) is 0 Å². The summed E-state index contributed by atoms with van der Waals surface area (Å²) in [6, 6.07) is 7.36. The predicted molar refractivity (Wildman–Crippen MR) is 90.3 cm³/mol. The number of nitrogens with zero attached hydrogens (tertiary/aromatic N) is 3. The molecule has 0 fully saturated rings. The molecule has 0 amide bonds. The minimum atomic E-state index is -0.879. The maximum Gasteiger partial charge on any atom is 0.335 e. The van der Waals surface area contributed by atoms with Crippen molar-refractivity contribution in [2.24, 2.45) is 5.92 Å². The molecule has 1 aromatic heterocycles. The molecule has 1 aromatic carbocycles. The fourth-order valence-corrected chi connectivity index (χ4v) is 2.72. The highest BCUT2D eigenvalue weighted by Gasteiger charge is 2.14. The van der Waals surface area contributed by atoms with Crippen molar-refractivity contribution in [3.05, 3.63) is 48.3 Å². The van der Waals surface area contributed by atoms with Crippen LogP contribution in [-0.4, -0.2) is 26.1 Å². The van der Waals surface area contributed by atoms with Crippen LogP contribution in [-0.2, 0) is 4.79 Å². The monoisotopic (exact) mass is 313 g/mol. The quantitative estimate of drug-likeness (QED) is 0.749. The zero-order chi connectivity index (χ0) is 16.7. The molecule has 0 aliphatic carbocycles. The van der Waals surface area contributed by atoms with Crippen LogP contribution in [0.2, 0.25) is 0 Å². The zero-order valence-electron chi connectivity index (χ0n) is 13.6. The molecule has 1 N–H and O–H groups in total. The van der Waals surface area contributed by atoms with Gasteiger partial charge < -0.3 is 5.11 Å². The second-order valence-electron chi connectivity index (χ2n) is 5.62. The molecule has 0 radical (unpaired) electrons. The number of carboxylic acids is 1. The second kappa shape index (κ2) is 8.27. The van der Waals surface area contributed by atoms with Gasteiger partial charge in [0, 0.05) is 0 Å². The Bertz CT molecular complexity index is 639. The van der Waals surface area contributed by atoms with Crippen LogP contribution in [0.3, 0.4) is 0 Å². The van der Waals surface area contributed by atoms with Crippen molar-refractivity contribution in [1.82, 2.24) is 15.0 Å². The molecule has 5 heteroatoms. The van der Waals surface area contributed by atoms with Crippen molar-refractivity contribution in [3.8, 4) is 5.69 Å².